The van der Waals surface area contributed by atoms with Crippen LogP contribution in [-0.2, 0) is 17.8 Å². The van der Waals surface area contributed by atoms with Crippen LogP contribution >= 0.6 is 0 Å². The Balaban J connectivity index is 1.72. The minimum atomic E-state index is -0.124. The number of ether oxygens (including phenoxy) is 1. The molecule has 0 unspecified atom stereocenters. The number of rotatable bonds is 5. The molecule has 1 aliphatic heterocycles. The van der Waals surface area contributed by atoms with Gasteiger partial charge >= 0.3 is 0 Å². The molecule has 3 rings (SSSR count). The summed E-state index contributed by atoms with van der Waals surface area (Å²) in [5, 5.41) is 0. The fraction of sp³-hybridized carbons (Fsp3) is 0.381. The van der Waals surface area contributed by atoms with E-state index >= 15 is 0 Å². The Morgan fingerprint density at radius 1 is 1.08 bits per heavy atom. The van der Waals surface area contributed by atoms with Gasteiger partial charge in [0, 0.05) is 25.3 Å². The second-order valence-corrected chi connectivity index (χ2v) is 6.47. The number of anilines is 1. The molecular weight excluding hydrogens is 312 g/mol. The number of hydrogen-bond donors (Lipinski definition) is 0. The zero-order valence-electron chi connectivity index (χ0n) is 15.2. The third-order valence-corrected chi connectivity index (χ3v) is 4.99. The Morgan fingerprint density at radius 2 is 1.80 bits per heavy atom. The molecule has 0 spiro atoms. The molecule has 2 aromatic carbocycles. The summed E-state index contributed by atoms with van der Waals surface area (Å²) in [6.45, 7) is 6.52. The molecule has 0 radical (unpaired) electrons. The van der Waals surface area contributed by atoms with Gasteiger partial charge in [-0.15, -0.1) is 0 Å². The fourth-order valence-corrected chi connectivity index (χ4v) is 3.41. The van der Waals surface area contributed by atoms with Gasteiger partial charge < -0.3 is 9.64 Å². The number of nitrogens with zero attached hydrogens (tertiary/aromatic N) is 2. The smallest absolute Gasteiger partial charge is 0.244 e. The molecule has 1 atom stereocenters. The maximum absolute atomic E-state index is 13.0. The van der Waals surface area contributed by atoms with Gasteiger partial charge in [0.1, 0.15) is 5.75 Å². The number of amides is 1. The minimum absolute atomic E-state index is 0.124. The Morgan fingerprint density at radius 3 is 2.48 bits per heavy atom. The van der Waals surface area contributed by atoms with E-state index in [0.29, 0.717) is 0 Å². The number of para-hydroxylation sites is 1. The molecule has 0 aliphatic carbocycles. The Labute approximate surface area is 150 Å². The topological polar surface area (TPSA) is 32.8 Å². The van der Waals surface area contributed by atoms with Crippen LogP contribution in [0, 0.1) is 0 Å². The summed E-state index contributed by atoms with van der Waals surface area (Å²) in [6.07, 6.45) is 0.934. The van der Waals surface area contributed by atoms with E-state index in [1.54, 1.807) is 7.11 Å². The molecule has 4 heteroatoms. The van der Waals surface area contributed by atoms with Crippen molar-refractivity contribution in [1.29, 1.82) is 0 Å². The lowest BCUT2D eigenvalue weighted by Gasteiger charge is -2.39. The molecule has 0 bridgehead atoms. The third kappa shape index (κ3) is 3.69. The summed E-state index contributed by atoms with van der Waals surface area (Å²) in [4.78, 5) is 17.2. The molecule has 0 aromatic heterocycles. The number of carbonyl (C=O) groups excluding carboxylic acids is 1. The standard InChI is InChI=1S/C21H26N2O2/c1-4-18-7-5-6-8-20(18)23-14-13-22(16(2)21(23)24)15-17-9-11-19(25-3)12-10-17/h5-12,16H,4,13-15H2,1-3H3/t16-/m0/s1. The molecule has 0 saturated carbocycles. The highest BCUT2D eigenvalue weighted by Crippen LogP contribution is 2.26. The SMILES string of the molecule is CCc1ccccc1N1CCN(Cc2ccc(OC)cc2)[C@@H](C)C1=O. The van der Waals surface area contributed by atoms with Crippen LogP contribution in [0.3, 0.4) is 0 Å². The Bertz CT molecular complexity index is 727. The molecular formula is C21H26N2O2. The minimum Gasteiger partial charge on any atom is -0.497 e. The first-order valence-electron chi connectivity index (χ1n) is 8.90. The highest BCUT2D eigenvalue weighted by molar-refractivity contribution is 5.98. The van der Waals surface area contributed by atoms with Gasteiger partial charge in [-0.05, 0) is 42.7 Å². The summed E-state index contributed by atoms with van der Waals surface area (Å²) in [5.74, 6) is 1.04. The van der Waals surface area contributed by atoms with Crippen molar-refractivity contribution in [3.05, 3.63) is 59.7 Å². The summed E-state index contributed by atoms with van der Waals surface area (Å²) >= 11 is 0. The average molecular weight is 338 g/mol. The largest absolute Gasteiger partial charge is 0.497 e. The van der Waals surface area contributed by atoms with Crippen molar-refractivity contribution in [3.8, 4) is 5.75 Å². The maximum atomic E-state index is 13.0. The lowest BCUT2D eigenvalue weighted by Crippen LogP contribution is -2.55. The number of methoxy groups -OCH3 is 1. The average Bonchev–Trinajstić information content (AvgIpc) is 2.66. The molecule has 1 heterocycles. The highest BCUT2D eigenvalue weighted by atomic mass is 16.5. The Kier molecular flexibility index (Phi) is 5.39. The van der Waals surface area contributed by atoms with Crippen molar-refractivity contribution < 1.29 is 9.53 Å². The van der Waals surface area contributed by atoms with Crippen LogP contribution < -0.4 is 9.64 Å². The number of carbonyl (C=O) groups is 1. The highest BCUT2D eigenvalue weighted by Gasteiger charge is 2.32. The zero-order chi connectivity index (χ0) is 17.8. The molecule has 132 valence electrons. The monoisotopic (exact) mass is 338 g/mol. The summed E-state index contributed by atoms with van der Waals surface area (Å²) in [7, 11) is 1.67. The van der Waals surface area contributed by atoms with E-state index in [0.717, 1.165) is 37.5 Å². The zero-order valence-corrected chi connectivity index (χ0v) is 15.2. The molecule has 1 fully saturated rings. The summed E-state index contributed by atoms with van der Waals surface area (Å²) in [6, 6.07) is 16.2. The first-order chi connectivity index (χ1) is 12.1. The van der Waals surface area contributed by atoms with E-state index in [1.165, 1.54) is 11.1 Å². The van der Waals surface area contributed by atoms with Crippen LogP contribution in [0.5, 0.6) is 5.75 Å². The van der Waals surface area contributed by atoms with Crippen molar-refractivity contribution in [2.75, 3.05) is 25.1 Å². The van der Waals surface area contributed by atoms with Gasteiger partial charge in [0.2, 0.25) is 5.91 Å². The lowest BCUT2D eigenvalue weighted by molar-refractivity contribution is -0.125. The molecule has 1 aliphatic rings. The molecule has 25 heavy (non-hydrogen) atoms. The Hall–Kier alpha value is -2.33. The van der Waals surface area contributed by atoms with E-state index in [-0.39, 0.29) is 11.9 Å². The molecule has 4 nitrogen and oxygen atoms in total. The van der Waals surface area contributed by atoms with E-state index in [1.807, 2.05) is 36.1 Å². The van der Waals surface area contributed by atoms with Crippen LogP contribution in [-0.4, -0.2) is 37.0 Å². The normalized spacial score (nSPS) is 18.4. The van der Waals surface area contributed by atoms with Crippen LogP contribution in [0.15, 0.2) is 48.5 Å². The van der Waals surface area contributed by atoms with Crippen LogP contribution in [0.2, 0.25) is 0 Å². The first-order valence-corrected chi connectivity index (χ1v) is 8.90. The van der Waals surface area contributed by atoms with Crippen molar-refractivity contribution in [2.24, 2.45) is 0 Å². The van der Waals surface area contributed by atoms with Crippen molar-refractivity contribution in [3.63, 3.8) is 0 Å². The molecule has 1 amide bonds. The number of piperazine rings is 1. The van der Waals surface area contributed by atoms with Crippen molar-refractivity contribution >= 4 is 11.6 Å². The maximum Gasteiger partial charge on any atom is 0.244 e. The quantitative estimate of drug-likeness (QED) is 0.836. The van der Waals surface area contributed by atoms with Crippen LogP contribution in [0.4, 0.5) is 5.69 Å². The second kappa shape index (κ2) is 7.70. The molecule has 2 aromatic rings. The number of aryl methyl sites for hydroxylation is 1. The first kappa shape index (κ1) is 17.5. The van der Waals surface area contributed by atoms with Gasteiger partial charge in [0.05, 0.1) is 13.2 Å². The third-order valence-electron chi connectivity index (χ3n) is 4.99. The van der Waals surface area contributed by atoms with Crippen molar-refractivity contribution in [2.45, 2.75) is 32.9 Å². The van der Waals surface area contributed by atoms with Gasteiger partial charge in [0.25, 0.3) is 0 Å². The number of benzene rings is 2. The second-order valence-electron chi connectivity index (χ2n) is 6.47. The van der Waals surface area contributed by atoms with Gasteiger partial charge in [-0.1, -0.05) is 37.3 Å². The van der Waals surface area contributed by atoms with Gasteiger partial charge in [-0.2, -0.15) is 0 Å². The lowest BCUT2D eigenvalue weighted by atomic mass is 10.1. The number of hydrogen-bond acceptors (Lipinski definition) is 3. The van der Waals surface area contributed by atoms with E-state index in [2.05, 4.69) is 36.1 Å². The van der Waals surface area contributed by atoms with Crippen LogP contribution in [0.25, 0.3) is 0 Å². The molecule has 0 N–H and O–H groups in total. The van der Waals surface area contributed by atoms with E-state index in [4.69, 9.17) is 4.74 Å². The predicted octanol–water partition coefficient (Wildman–Crippen LogP) is 3.49. The van der Waals surface area contributed by atoms with Crippen molar-refractivity contribution in [1.82, 2.24) is 4.90 Å². The fourth-order valence-electron chi connectivity index (χ4n) is 3.41. The summed E-state index contributed by atoms with van der Waals surface area (Å²) in [5.41, 5.74) is 3.49. The van der Waals surface area contributed by atoms with Gasteiger partial charge in [-0.25, -0.2) is 0 Å². The van der Waals surface area contributed by atoms with E-state index < -0.39 is 0 Å². The van der Waals surface area contributed by atoms with Crippen LogP contribution in [0.1, 0.15) is 25.0 Å². The van der Waals surface area contributed by atoms with E-state index in [9.17, 15) is 4.79 Å². The van der Waals surface area contributed by atoms with Gasteiger partial charge in [-0.3, -0.25) is 9.69 Å². The molecule has 1 saturated heterocycles. The van der Waals surface area contributed by atoms with Gasteiger partial charge in [0.15, 0.2) is 0 Å². The summed E-state index contributed by atoms with van der Waals surface area (Å²) < 4.78 is 5.21. The predicted molar refractivity (Wildman–Crippen MR) is 101 cm³/mol.